The van der Waals surface area contributed by atoms with E-state index in [1.54, 1.807) is 24.4 Å². The maximum Gasteiger partial charge on any atom is 0.266 e. The molecule has 7 heteroatoms. The quantitative estimate of drug-likeness (QED) is 0.573. The number of amides is 1. The van der Waals surface area contributed by atoms with Gasteiger partial charge in [-0.1, -0.05) is 6.07 Å². The SMILES string of the molecule is COCc1c(C(=O)Nc2ccc3[nH]ncc3c2)sc2cccc(F)c12. The summed E-state index contributed by atoms with van der Waals surface area (Å²) < 4.78 is 20.1. The van der Waals surface area contributed by atoms with Crippen molar-refractivity contribution in [3.63, 3.8) is 0 Å². The largest absolute Gasteiger partial charge is 0.380 e. The predicted octanol–water partition coefficient (Wildman–Crippen LogP) is 4.32. The summed E-state index contributed by atoms with van der Waals surface area (Å²) in [4.78, 5) is 13.2. The number of benzene rings is 2. The Morgan fingerprint density at radius 2 is 2.24 bits per heavy atom. The van der Waals surface area contributed by atoms with Gasteiger partial charge in [-0.25, -0.2) is 4.39 Å². The van der Waals surface area contributed by atoms with Gasteiger partial charge in [-0.05, 0) is 30.3 Å². The Morgan fingerprint density at radius 3 is 3.08 bits per heavy atom. The maximum absolute atomic E-state index is 14.2. The van der Waals surface area contributed by atoms with Crippen molar-refractivity contribution in [2.75, 3.05) is 12.4 Å². The van der Waals surface area contributed by atoms with E-state index in [1.165, 1.54) is 24.5 Å². The number of ether oxygens (including phenoxy) is 1. The maximum atomic E-state index is 14.2. The molecule has 126 valence electrons. The third kappa shape index (κ3) is 2.77. The van der Waals surface area contributed by atoms with Crippen LogP contribution in [0.25, 0.3) is 21.0 Å². The molecular weight excluding hydrogens is 341 g/mol. The second kappa shape index (κ2) is 6.27. The Labute approximate surface area is 146 Å². The molecule has 0 unspecified atom stereocenters. The second-order valence-electron chi connectivity index (χ2n) is 5.58. The van der Waals surface area contributed by atoms with Gasteiger partial charge in [-0.2, -0.15) is 5.10 Å². The number of methoxy groups -OCH3 is 1. The van der Waals surface area contributed by atoms with Gasteiger partial charge in [0.15, 0.2) is 0 Å². The van der Waals surface area contributed by atoms with Gasteiger partial charge in [0.1, 0.15) is 5.82 Å². The van der Waals surface area contributed by atoms with E-state index in [0.717, 1.165) is 15.6 Å². The van der Waals surface area contributed by atoms with Crippen molar-refractivity contribution in [3.05, 3.63) is 58.9 Å². The fraction of sp³-hybridized carbons (Fsp3) is 0.111. The number of aromatic amines is 1. The van der Waals surface area contributed by atoms with Gasteiger partial charge >= 0.3 is 0 Å². The first kappa shape index (κ1) is 15.7. The van der Waals surface area contributed by atoms with Crippen molar-refractivity contribution in [2.24, 2.45) is 0 Å². The fourth-order valence-corrected chi connectivity index (χ4v) is 3.96. The number of aromatic nitrogens is 2. The lowest BCUT2D eigenvalue weighted by molar-refractivity contribution is 0.102. The number of halogens is 1. The molecule has 0 spiro atoms. The molecule has 0 aliphatic rings. The van der Waals surface area contributed by atoms with Gasteiger partial charge in [-0.15, -0.1) is 11.3 Å². The molecule has 2 aromatic heterocycles. The Balaban J connectivity index is 1.73. The predicted molar refractivity (Wildman–Crippen MR) is 96.5 cm³/mol. The normalized spacial score (nSPS) is 11.3. The van der Waals surface area contributed by atoms with Gasteiger partial charge < -0.3 is 10.1 Å². The average molecular weight is 355 g/mol. The highest BCUT2D eigenvalue weighted by molar-refractivity contribution is 7.21. The zero-order valence-corrected chi connectivity index (χ0v) is 14.1. The van der Waals surface area contributed by atoms with Gasteiger partial charge in [0.25, 0.3) is 5.91 Å². The van der Waals surface area contributed by atoms with Crippen LogP contribution in [0.4, 0.5) is 10.1 Å². The number of carbonyl (C=O) groups is 1. The van der Waals surface area contributed by atoms with Gasteiger partial charge in [0, 0.05) is 33.8 Å². The Morgan fingerprint density at radius 1 is 1.36 bits per heavy atom. The molecule has 2 N–H and O–H groups in total. The number of thiophene rings is 1. The second-order valence-corrected chi connectivity index (χ2v) is 6.63. The number of nitrogens with one attached hydrogen (secondary N) is 2. The number of carbonyl (C=O) groups excluding carboxylic acids is 1. The van der Waals surface area contributed by atoms with Crippen LogP contribution < -0.4 is 5.32 Å². The molecule has 4 aromatic rings. The molecule has 0 atom stereocenters. The van der Waals surface area contributed by atoms with Crippen LogP contribution in [0.3, 0.4) is 0 Å². The van der Waals surface area contributed by atoms with Crippen LogP contribution in [-0.4, -0.2) is 23.2 Å². The lowest BCUT2D eigenvalue weighted by Gasteiger charge is -2.06. The lowest BCUT2D eigenvalue weighted by Crippen LogP contribution is -2.12. The zero-order valence-electron chi connectivity index (χ0n) is 13.3. The van der Waals surface area contributed by atoms with Crippen LogP contribution in [0, 0.1) is 5.82 Å². The first-order valence-corrected chi connectivity index (χ1v) is 8.42. The molecule has 2 aromatic carbocycles. The highest BCUT2D eigenvalue weighted by atomic mass is 32.1. The van der Waals surface area contributed by atoms with Crippen molar-refractivity contribution >= 4 is 43.9 Å². The summed E-state index contributed by atoms with van der Waals surface area (Å²) >= 11 is 1.26. The van der Waals surface area contributed by atoms with Crippen LogP contribution in [0.1, 0.15) is 15.2 Å². The summed E-state index contributed by atoms with van der Waals surface area (Å²) in [6, 6.07) is 10.3. The van der Waals surface area contributed by atoms with E-state index in [1.807, 2.05) is 12.1 Å². The molecule has 2 heterocycles. The first-order chi connectivity index (χ1) is 12.2. The molecule has 1 amide bonds. The number of hydrogen-bond donors (Lipinski definition) is 2. The molecule has 0 radical (unpaired) electrons. The Kier molecular flexibility index (Phi) is 3.95. The number of rotatable bonds is 4. The van der Waals surface area contributed by atoms with Crippen molar-refractivity contribution in [3.8, 4) is 0 Å². The minimum Gasteiger partial charge on any atom is -0.380 e. The molecule has 0 fully saturated rings. The summed E-state index contributed by atoms with van der Waals surface area (Å²) in [6.07, 6.45) is 1.69. The minimum absolute atomic E-state index is 0.171. The third-order valence-corrected chi connectivity index (χ3v) is 5.15. The van der Waals surface area contributed by atoms with Crippen LogP contribution in [-0.2, 0) is 11.3 Å². The molecule has 0 saturated heterocycles. The Hall–Kier alpha value is -2.77. The molecule has 4 rings (SSSR count). The van der Waals surface area contributed by atoms with Crippen molar-refractivity contribution < 1.29 is 13.9 Å². The van der Waals surface area contributed by atoms with Gasteiger partial charge in [0.05, 0.1) is 23.2 Å². The van der Waals surface area contributed by atoms with E-state index in [-0.39, 0.29) is 18.3 Å². The van der Waals surface area contributed by atoms with E-state index in [4.69, 9.17) is 4.74 Å². The molecule has 25 heavy (non-hydrogen) atoms. The van der Waals surface area contributed by atoms with Crippen molar-refractivity contribution in [1.29, 1.82) is 0 Å². The third-order valence-electron chi connectivity index (χ3n) is 3.96. The minimum atomic E-state index is -0.348. The van der Waals surface area contributed by atoms with Crippen LogP contribution >= 0.6 is 11.3 Å². The van der Waals surface area contributed by atoms with Gasteiger partial charge in [0.2, 0.25) is 0 Å². The van der Waals surface area contributed by atoms with E-state index < -0.39 is 0 Å². The highest BCUT2D eigenvalue weighted by Gasteiger charge is 2.20. The molecule has 0 aliphatic heterocycles. The number of H-pyrrole nitrogens is 1. The van der Waals surface area contributed by atoms with Crippen molar-refractivity contribution in [1.82, 2.24) is 10.2 Å². The summed E-state index contributed by atoms with van der Waals surface area (Å²) in [6.45, 7) is 0.171. The molecule has 0 saturated carbocycles. The topological polar surface area (TPSA) is 67.0 Å². The van der Waals surface area contributed by atoms with Gasteiger partial charge in [-0.3, -0.25) is 9.89 Å². The van der Waals surface area contributed by atoms with Crippen molar-refractivity contribution in [2.45, 2.75) is 6.61 Å². The molecular formula is C18H14FN3O2S. The van der Waals surface area contributed by atoms with Crippen LogP contribution in [0.2, 0.25) is 0 Å². The van der Waals surface area contributed by atoms with Crippen LogP contribution in [0.5, 0.6) is 0 Å². The summed E-state index contributed by atoms with van der Waals surface area (Å²) in [5.41, 5.74) is 2.12. The smallest absolute Gasteiger partial charge is 0.266 e. The summed E-state index contributed by atoms with van der Waals surface area (Å²) in [5, 5.41) is 11.0. The number of fused-ring (bicyclic) bond motifs is 2. The van der Waals surface area contributed by atoms with E-state index >= 15 is 0 Å². The van der Waals surface area contributed by atoms with E-state index in [9.17, 15) is 9.18 Å². The molecule has 0 aliphatic carbocycles. The average Bonchev–Trinajstić information content (AvgIpc) is 3.20. The monoisotopic (exact) mass is 355 g/mol. The zero-order chi connectivity index (χ0) is 17.4. The van der Waals surface area contributed by atoms with Crippen LogP contribution in [0.15, 0.2) is 42.6 Å². The number of nitrogens with zero attached hydrogens (tertiary/aromatic N) is 1. The number of anilines is 1. The molecule has 5 nitrogen and oxygen atoms in total. The summed E-state index contributed by atoms with van der Waals surface area (Å²) in [5.74, 6) is -0.629. The highest BCUT2D eigenvalue weighted by Crippen LogP contribution is 2.34. The number of hydrogen-bond acceptors (Lipinski definition) is 4. The standard InChI is InChI=1S/C18H14FN3O2S/c1-24-9-12-16-13(19)3-2-4-15(16)25-17(12)18(23)21-11-5-6-14-10(7-11)8-20-22-14/h2-8H,9H2,1H3,(H,20,22)(H,21,23). The van der Waals surface area contributed by atoms with E-state index in [0.29, 0.717) is 21.5 Å². The lowest BCUT2D eigenvalue weighted by atomic mass is 10.1. The fourth-order valence-electron chi connectivity index (χ4n) is 2.84. The first-order valence-electron chi connectivity index (χ1n) is 7.60. The molecule has 0 bridgehead atoms. The summed E-state index contributed by atoms with van der Waals surface area (Å²) in [7, 11) is 1.53. The Bertz CT molecular complexity index is 1090. The van der Waals surface area contributed by atoms with E-state index in [2.05, 4.69) is 15.5 Å².